The van der Waals surface area contributed by atoms with E-state index in [1.807, 2.05) is 0 Å². The molecule has 3 heterocycles. The molecular weight excluding hydrogens is 452 g/mol. The molecule has 0 unspecified atom stereocenters. The second-order valence-corrected chi connectivity index (χ2v) is 7.59. The number of rotatable bonds is 7. The van der Waals surface area contributed by atoms with Gasteiger partial charge in [-0.3, -0.25) is 9.78 Å². The van der Waals surface area contributed by atoms with E-state index in [2.05, 4.69) is 15.0 Å². The molecule has 4 rings (SSSR count). The van der Waals surface area contributed by atoms with Crippen LogP contribution in [0.4, 0.5) is 17.6 Å². The molecule has 4 aromatic rings. The number of pyridine rings is 2. The lowest BCUT2D eigenvalue weighted by molar-refractivity contribution is -0.140. The number of nitrogens with zero attached hydrogens (tertiary/aromatic N) is 3. The number of halogens is 4. The molecule has 10 heteroatoms. The van der Waals surface area contributed by atoms with E-state index in [-0.39, 0.29) is 24.5 Å². The van der Waals surface area contributed by atoms with Crippen LogP contribution < -0.4 is 4.74 Å². The summed E-state index contributed by atoms with van der Waals surface area (Å²) in [6.07, 6.45) is 0.0921. The number of carbonyl (C=O) groups excluding carboxylic acids is 1. The summed E-state index contributed by atoms with van der Waals surface area (Å²) in [6, 6.07) is 10.6. The van der Waals surface area contributed by atoms with Crippen LogP contribution in [-0.4, -0.2) is 52.1 Å². The topological polar surface area (TPSA) is 71.1 Å². The van der Waals surface area contributed by atoms with Gasteiger partial charge in [0.25, 0.3) is 5.91 Å². The zero-order valence-corrected chi connectivity index (χ0v) is 18.1. The monoisotopic (exact) mass is 472 g/mol. The summed E-state index contributed by atoms with van der Waals surface area (Å²) in [7, 11) is 1.35. The van der Waals surface area contributed by atoms with E-state index >= 15 is 0 Å². The third-order valence-corrected chi connectivity index (χ3v) is 5.29. The average Bonchev–Trinajstić information content (AvgIpc) is 3.22. The van der Waals surface area contributed by atoms with E-state index in [1.165, 1.54) is 31.5 Å². The molecule has 1 aromatic carbocycles. The maximum absolute atomic E-state index is 13.7. The van der Waals surface area contributed by atoms with Gasteiger partial charge in [-0.1, -0.05) is 6.07 Å². The molecule has 1 N–H and O–H groups in total. The van der Waals surface area contributed by atoms with Gasteiger partial charge in [0.15, 0.2) is 0 Å². The molecule has 0 fully saturated rings. The van der Waals surface area contributed by atoms with Crippen LogP contribution in [0.1, 0.15) is 16.1 Å². The number of aromatic amines is 1. The fraction of sp³-hybridized carbons (Fsp3) is 0.208. The molecule has 0 aliphatic heterocycles. The summed E-state index contributed by atoms with van der Waals surface area (Å²) in [5.74, 6) is -1.27. The number of ether oxygens (including phenoxy) is 1. The number of hydrogen-bond donors (Lipinski definition) is 1. The minimum Gasteiger partial charge on any atom is -0.481 e. The SMILES string of the molecule is COc1ccc(-c2cccnc2)c(C(=O)N(CCc2c[nH]c3ccc(F)cc23)CC(F)(F)F)n1. The Hall–Kier alpha value is -3.95. The van der Waals surface area contributed by atoms with Gasteiger partial charge in [-0.15, -0.1) is 0 Å². The van der Waals surface area contributed by atoms with Crippen LogP contribution >= 0.6 is 0 Å². The Bertz CT molecular complexity index is 1310. The molecule has 176 valence electrons. The molecule has 0 saturated heterocycles. The molecule has 34 heavy (non-hydrogen) atoms. The minimum absolute atomic E-state index is 0.0808. The summed E-state index contributed by atoms with van der Waals surface area (Å²) in [4.78, 5) is 25.2. The van der Waals surface area contributed by atoms with Gasteiger partial charge in [-0.25, -0.2) is 9.37 Å². The van der Waals surface area contributed by atoms with Crippen molar-refractivity contribution in [3.8, 4) is 17.0 Å². The fourth-order valence-electron chi connectivity index (χ4n) is 3.70. The number of H-pyrrole nitrogens is 1. The smallest absolute Gasteiger partial charge is 0.406 e. The van der Waals surface area contributed by atoms with Crippen LogP contribution in [0, 0.1) is 5.82 Å². The van der Waals surface area contributed by atoms with Crippen LogP contribution in [-0.2, 0) is 6.42 Å². The van der Waals surface area contributed by atoms with Crippen molar-refractivity contribution in [1.82, 2.24) is 19.9 Å². The maximum atomic E-state index is 13.7. The molecule has 0 aliphatic rings. The number of fused-ring (bicyclic) bond motifs is 1. The summed E-state index contributed by atoms with van der Waals surface area (Å²) >= 11 is 0. The van der Waals surface area contributed by atoms with Crippen LogP contribution in [0.5, 0.6) is 5.88 Å². The Morgan fingerprint density at radius 2 is 2.00 bits per heavy atom. The van der Waals surface area contributed by atoms with Gasteiger partial charge < -0.3 is 14.6 Å². The fourth-order valence-corrected chi connectivity index (χ4v) is 3.70. The summed E-state index contributed by atoms with van der Waals surface area (Å²) in [5.41, 5.74) is 1.93. The number of methoxy groups -OCH3 is 1. The highest BCUT2D eigenvalue weighted by molar-refractivity contribution is 5.99. The molecule has 0 radical (unpaired) electrons. The van der Waals surface area contributed by atoms with Crippen LogP contribution in [0.15, 0.2) is 61.1 Å². The molecule has 0 saturated carbocycles. The number of carbonyl (C=O) groups is 1. The van der Waals surface area contributed by atoms with Crippen LogP contribution in [0.25, 0.3) is 22.0 Å². The quantitative estimate of drug-likeness (QED) is 0.384. The highest BCUT2D eigenvalue weighted by atomic mass is 19.4. The second-order valence-electron chi connectivity index (χ2n) is 7.59. The van der Waals surface area contributed by atoms with Crippen molar-refractivity contribution in [2.45, 2.75) is 12.6 Å². The lowest BCUT2D eigenvalue weighted by atomic mass is 10.0. The highest BCUT2D eigenvalue weighted by Crippen LogP contribution is 2.27. The Kier molecular flexibility index (Phi) is 6.49. The van der Waals surface area contributed by atoms with Crippen molar-refractivity contribution < 1.29 is 27.1 Å². The lowest BCUT2D eigenvalue weighted by Gasteiger charge is -2.24. The van der Waals surface area contributed by atoms with E-state index in [4.69, 9.17) is 4.74 Å². The summed E-state index contributed by atoms with van der Waals surface area (Å²) < 4.78 is 59.0. The number of hydrogen-bond acceptors (Lipinski definition) is 4. The van der Waals surface area contributed by atoms with Crippen LogP contribution in [0.3, 0.4) is 0 Å². The molecule has 6 nitrogen and oxygen atoms in total. The Morgan fingerprint density at radius 1 is 1.18 bits per heavy atom. The first-order chi connectivity index (χ1) is 16.2. The lowest BCUT2D eigenvalue weighted by Crippen LogP contribution is -2.40. The van der Waals surface area contributed by atoms with Crippen molar-refractivity contribution in [2.24, 2.45) is 0 Å². The zero-order valence-electron chi connectivity index (χ0n) is 18.1. The van der Waals surface area contributed by atoms with E-state index in [0.717, 1.165) is 0 Å². The Labute approximate surface area is 192 Å². The van der Waals surface area contributed by atoms with Crippen molar-refractivity contribution in [2.75, 3.05) is 20.2 Å². The maximum Gasteiger partial charge on any atom is 0.406 e. The first-order valence-electron chi connectivity index (χ1n) is 10.3. The molecule has 0 spiro atoms. The Balaban J connectivity index is 1.68. The molecule has 0 atom stereocenters. The molecular formula is C24H20F4N4O2. The van der Waals surface area contributed by atoms with Crippen molar-refractivity contribution in [1.29, 1.82) is 0 Å². The number of aromatic nitrogens is 3. The third-order valence-electron chi connectivity index (χ3n) is 5.29. The summed E-state index contributed by atoms with van der Waals surface area (Å²) in [5, 5.41) is 0.551. The number of alkyl halides is 3. The van der Waals surface area contributed by atoms with E-state index in [9.17, 15) is 22.4 Å². The van der Waals surface area contributed by atoms with Gasteiger partial charge in [-0.2, -0.15) is 13.2 Å². The number of nitrogens with one attached hydrogen (secondary N) is 1. The molecule has 0 aliphatic carbocycles. The molecule has 3 aromatic heterocycles. The van der Waals surface area contributed by atoms with Gasteiger partial charge in [0.05, 0.1) is 7.11 Å². The van der Waals surface area contributed by atoms with Gasteiger partial charge >= 0.3 is 6.18 Å². The third kappa shape index (κ3) is 5.16. The first kappa shape index (κ1) is 23.2. The second kappa shape index (κ2) is 9.50. The van der Waals surface area contributed by atoms with Crippen molar-refractivity contribution in [3.63, 3.8) is 0 Å². The normalized spacial score (nSPS) is 11.6. The van der Waals surface area contributed by atoms with Gasteiger partial charge in [0.1, 0.15) is 18.1 Å². The first-order valence-corrected chi connectivity index (χ1v) is 10.3. The largest absolute Gasteiger partial charge is 0.481 e. The van der Waals surface area contributed by atoms with E-state index in [0.29, 0.717) is 32.5 Å². The summed E-state index contributed by atoms with van der Waals surface area (Å²) in [6.45, 7) is -1.72. The predicted molar refractivity (Wildman–Crippen MR) is 118 cm³/mol. The van der Waals surface area contributed by atoms with Gasteiger partial charge in [0.2, 0.25) is 5.88 Å². The minimum atomic E-state index is -4.63. The zero-order chi connectivity index (χ0) is 24.3. The van der Waals surface area contributed by atoms with E-state index in [1.54, 1.807) is 36.7 Å². The van der Waals surface area contributed by atoms with Crippen molar-refractivity contribution >= 4 is 16.8 Å². The molecule has 1 amide bonds. The number of benzene rings is 1. The van der Waals surface area contributed by atoms with Crippen molar-refractivity contribution in [3.05, 3.63) is 78.1 Å². The van der Waals surface area contributed by atoms with Crippen LogP contribution in [0.2, 0.25) is 0 Å². The Morgan fingerprint density at radius 3 is 2.71 bits per heavy atom. The predicted octanol–water partition coefficient (Wildman–Crippen LogP) is 5.02. The molecule has 0 bridgehead atoms. The van der Waals surface area contributed by atoms with E-state index < -0.39 is 24.4 Å². The number of amides is 1. The van der Waals surface area contributed by atoms with Gasteiger partial charge in [-0.05, 0) is 42.3 Å². The average molecular weight is 472 g/mol. The van der Waals surface area contributed by atoms with Gasteiger partial charge in [0, 0.05) is 53.2 Å². The highest BCUT2D eigenvalue weighted by Gasteiger charge is 2.34. The standard InChI is InChI=1S/C24H20F4N4O2/c1-34-21-7-5-18(15-3-2-9-29-12-15)22(31-21)23(33)32(14-24(26,27)28)10-8-16-13-30-20-6-4-17(25)11-19(16)20/h2-7,9,11-13,30H,8,10,14H2,1H3.